The van der Waals surface area contributed by atoms with Crippen molar-refractivity contribution < 1.29 is 38.6 Å². The Balaban J connectivity index is 1.28. The summed E-state index contributed by atoms with van der Waals surface area (Å²) in [5.74, 6) is -2.03. The van der Waals surface area contributed by atoms with Gasteiger partial charge in [0.1, 0.15) is 28.9 Å². The number of hydrogen-bond donors (Lipinski definition) is 3. The van der Waals surface area contributed by atoms with E-state index < -0.39 is 47.9 Å². The number of esters is 1. The number of nitrogen functional groups attached to an aromatic ring is 1. The van der Waals surface area contributed by atoms with Crippen LogP contribution in [0.2, 0.25) is 0 Å². The number of nitrogens with two attached hydrogens (primary N) is 1. The molecule has 1 saturated heterocycles. The molecule has 2 aliphatic heterocycles. The molecule has 0 spiro atoms. The van der Waals surface area contributed by atoms with Crippen LogP contribution in [0.1, 0.15) is 43.4 Å². The summed E-state index contributed by atoms with van der Waals surface area (Å²) >= 11 is 2.37. The van der Waals surface area contributed by atoms with Crippen molar-refractivity contribution in [2.45, 2.75) is 49.6 Å². The van der Waals surface area contributed by atoms with E-state index >= 15 is 0 Å². The van der Waals surface area contributed by atoms with Crippen LogP contribution in [0.4, 0.5) is 9.93 Å². The zero-order chi connectivity index (χ0) is 30.3. The summed E-state index contributed by atoms with van der Waals surface area (Å²) in [5, 5.41) is 15.9. The van der Waals surface area contributed by atoms with Crippen LogP contribution in [0.15, 0.2) is 52.4 Å². The van der Waals surface area contributed by atoms with E-state index in [0.29, 0.717) is 5.57 Å². The lowest BCUT2D eigenvalue weighted by Crippen LogP contribution is -2.71. The number of amides is 2. The summed E-state index contributed by atoms with van der Waals surface area (Å²) in [6.07, 6.45) is 10.1. The van der Waals surface area contributed by atoms with Crippen LogP contribution in [0.25, 0.3) is 6.08 Å². The molecule has 4 heterocycles. The van der Waals surface area contributed by atoms with Gasteiger partial charge in [-0.2, -0.15) is 0 Å². The molecule has 3 aliphatic rings. The molecule has 2 aromatic rings. The standard InChI is InChI=1S/C27H28N6O8S2/c28-26-30-18(13-43-26)19(32-38)22(34)31-20-23(35)33-21(16(12-42-24(20)33)9-8-15-5-4-10-29-11-15)25(36)39-14-40-27(37)41-17-6-2-1-3-7-17/h4-5,8-11,13,17,20,24,38H,1-3,6-7,12,14H2,(H2,28,30)(H,31,34)/b9-8-,32-19?/t20-,24+/m1/s1. The van der Waals surface area contributed by atoms with Gasteiger partial charge in [-0.3, -0.25) is 19.5 Å². The number of β-lactam (4-membered cyclic amide) rings is 1. The number of carbonyl (C=O) groups excluding carboxylic acids is 4. The van der Waals surface area contributed by atoms with Crippen molar-refractivity contribution in [1.82, 2.24) is 20.2 Å². The van der Waals surface area contributed by atoms with E-state index in [2.05, 4.69) is 20.4 Å². The Morgan fingerprint density at radius 1 is 1.21 bits per heavy atom. The Bertz CT molecular complexity index is 1470. The average Bonchev–Trinajstić information content (AvgIpc) is 3.45. The molecule has 0 aromatic carbocycles. The maximum absolute atomic E-state index is 13.3. The summed E-state index contributed by atoms with van der Waals surface area (Å²) in [6.45, 7) is -0.708. The predicted octanol–water partition coefficient (Wildman–Crippen LogP) is 2.65. The molecular weight excluding hydrogens is 600 g/mol. The second kappa shape index (κ2) is 13.7. The monoisotopic (exact) mass is 628 g/mol. The van der Waals surface area contributed by atoms with Crippen molar-refractivity contribution in [2.24, 2.45) is 5.16 Å². The van der Waals surface area contributed by atoms with Crippen LogP contribution in [0.3, 0.4) is 0 Å². The number of oxime groups is 1. The largest absolute Gasteiger partial charge is 0.511 e. The summed E-state index contributed by atoms with van der Waals surface area (Å²) in [4.78, 5) is 60.8. The summed E-state index contributed by atoms with van der Waals surface area (Å²) in [7, 11) is 0. The van der Waals surface area contributed by atoms with E-state index in [1.54, 1.807) is 30.6 Å². The molecule has 0 radical (unpaired) electrons. The molecule has 1 saturated carbocycles. The first-order valence-electron chi connectivity index (χ1n) is 13.4. The molecule has 16 heteroatoms. The topological polar surface area (TPSA) is 196 Å². The van der Waals surface area contributed by atoms with E-state index in [-0.39, 0.29) is 28.4 Å². The highest BCUT2D eigenvalue weighted by Gasteiger charge is 2.54. The van der Waals surface area contributed by atoms with Crippen molar-refractivity contribution >= 4 is 64.0 Å². The van der Waals surface area contributed by atoms with Crippen molar-refractivity contribution in [3.05, 3.63) is 58.5 Å². The Morgan fingerprint density at radius 3 is 2.72 bits per heavy atom. The number of nitrogens with zero attached hydrogens (tertiary/aromatic N) is 4. The minimum absolute atomic E-state index is 0.0491. The second-order valence-electron chi connectivity index (χ2n) is 9.70. The van der Waals surface area contributed by atoms with Gasteiger partial charge >= 0.3 is 12.1 Å². The SMILES string of the molecule is Nc1nc(C(=NO)C(=O)N[C@@H]2C(=O)N3C(C(=O)OCOC(=O)OC4CCCCC4)=C(/C=C\c4cccnc4)CS[C@@H]23)cs1. The second-order valence-corrected chi connectivity index (χ2v) is 11.7. The quantitative estimate of drug-likeness (QED) is 0.0919. The highest BCUT2D eigenvalue weighted by atomic mass is 32.2. The van der Waals surface area contributed by atoms with Gasteiger partial charge in [-0.25, -0.2) is 14.6 Å². The number of nitrogens with one attached hydrogen (secondary N) is 1. The molecule has 0 unspecified atom stereocenters. The normalized spacial score (nSPS) is 20.8. The third-order valence-corrected chi connectivity index (χ3v) is 8.88. The number of thioether (sulfide) groups is 1. The first-order chi connectivity index (χ1) is 20.9. The van der Waals surface area contributed by atoms with Crippen molar-refractivity contribution in [3.8, 4) is 0 Å². The zero-order valence-corrected chi connectivity index (χ0v) is 24.3. The predicted molar refractivity (Wildman–Crippen MR) is 156 cm³/mol. The molecular formula is C27H28N6O8S2. The molecule has 4 N–H and O–H groups in total. The molecule has 1 aliphatic carbocycles. The molecule has 43 heavy (non-hydrogen) atoms. The minimum Gasteiger partial charge on any atom is -0.431 e. The first-order valence-corrected chi connectivity index (χ1v) is 15.3. The molecule has 14 nitrogen and oxygen atoms in total. The van der Waals surface area contributed by atoms with Gasteiger partial charge in [0.05, 0.1) is 0 Å². The van der Waals surface area contributed by atoms with Crippen molar-refractivity contribution in [3.63, 3.8) is 0 Å². The summed E-state index contributed by atoms with van der Waals surface area (Å²) in [6, 6.07) is 2.55. The van der Waals surface area contributed by atoms with Crippen LogP contribution in [-0.2, 0) is 28.6 Å². The van der Waals surface area contributed by atoms with Crippen molar-refractivity contribution in [1.29, 1.82) is 0 Å². The van der Waals surface area contributed by atoms with Crippen molar-refractivity contribution in [2.75, 3.05) is 18.3 Å². The lowest BCUT2D eigenvalue weighted by Gasteiger charge is -2.49. The van der Waals surface area contributed by atoms with E-state index in [9.17, 15) is 24.4 Å². The number of thiazole rings is 1. The Hall–Kier alpha value is -4.44. The Labute approximate surface area is 254 Å². The van der Waals surface area contributed by atoms with Crippen LogP contribution in [0.5, 0.6) is 0 Å². The maximum Gasteiger partial charge on any atom is 0.511 e. The fraction of sp³-hybridized carbons (Fsp3) is 0.370. The number of ether oxygens (including phenoxy) is 3. The number of carbonyl (C=O) groups is 4. The highest BCUT2D eigenvalue weighted by molar-refractivity contribution is 8.00. The van der Waals surface area contributed by atoms with E-state index in [4.69, 9.17) is 19.9 Å². The number of hydrogen-bond acceptors (Lipinski definition) is 14. The maximum atomic E-state index is 13.3. The van der Waals surface area contributed by atoms with Gasteiger partial charge in [-0.05, 0) is 42.9 Å². The molecule has 226 valence electrons. The van der Waals surface area contributed by atoms with E-state index in [0.717, 1.165) is 49.0 Å². The molecule has 2 aromatic heterocycles. The number of anilines is 1. The molecule has 2 fully saturated rings. The molecule has 2 atom stereocenters. The number of fused-ring (bicyclic) bond motifs is 1. The first kappa shape index (κ1) is 30.0. The minimum atomic E-state index is -1.03. The number of allylic oxidation sites excluding steroid dienone is 1. The van der Waals surface area contributed by atoms with Gasteiger partial charge in [0.25, 0.3) is 11.8 Å². The summed E-state index contributed by atoms with van der Waals surface area (Å²) < 4.78 is 15.5. The van der Waals surface area contributed by atoms with Crippen LogP contribution >= 0.6 is 23.1 Å². The Morgan fingerprint density at radius 2 is 2.02 bits per heavy atom. The number of aromatic nitrogens is 2. The fourth-order valence-corrected chi connectivity index (χ4v) is 6.67. The lowest BCUT2D eigenvalue weighted by molar-refractivity contribution is -0.158. The smallest absolute Gasteiger partial charge is 0.431 e. The Kier molecular flexibility index (Phi) is 9.56. The van der Waals surface area contributed by atoms with Gasteiger partial charge in [0.15, 0.2) is 10.8 Å². The fourth-order valence-electron chi connectivity index (χ4n) is 4.80. The van der Waals surface area contributed by atoms with Gasteiger partial charge < -0.3 is 30.5 Å². The molecule has 2 amide bonds. The lowest BCUT2D eigenvalue weighted by atomic mass is 9.98. The third kappa shape index (κ3) is 6.97. The average molecular weight is 629 g/mol. The van der Waals surface area contributed by atoms with Gasteiger partial charge in [-0.1, -0.05) is 29.8 Å². The van der Waals surface area contributed by atoms with Crippen LogP contribution in [-0.4, -0.2) is 79.8 Å². The highest BCUT2D eigenvalue weighted by Crippen LogP contribution is 2.41. The van der Waals surface area contributed by atoms with Gasteiger partial charge in [0, 0.05) is 23.5 Å². The van der Waals surface area contributed by atoms with Gasteiger partial charge in [-0.15, -0.1) is 23.1 Å². The molecule has 5 rings (SSSR count). The number of rotatable bonds is 9. The summed E-state index contributed by atoms with van der Waals surface area (Å²) in [5.41, 5.74) is 6.45. The van der Waals surface area contributed by atoms with Crippen LogP contribution in [0, 0.1) is 0 Å². The third-order valence-electron chi connectivity index (χ3n) is 6.90. The molecule has 0 bridgehead atoms. The van der Waals surface area contributed by atoms with E-state index in [1.807, 2.05) is 6.07 Å². The van der Waals surface area contributed by atoms with Gasteiger partial charge in [0.2, 0.25) is 6.79 Å². The van der Waals surface area contributed by atoms with E-state index in [1.165, 1.54) is 22.0 Å². The van der Waals surface area contributed by atoms with Crippen LogP contribution < -0.4 is 11.1 Å². The zero-order valence-electron chi connectivity index (χ0n) is 22.7. The number of pyridine rings is 1.